The van der Waals surface area contributed by atoms with E-state index in [1.165, 1.54) is 4.90 Å². The maximum atomic E-state index is 11.9. The number of likely N-dealkylation sites (tertiary alicyclic amines) is 1. The summed E-state index contributed by atoms with van der Waals surface area (Å²) in [7, 11) is 0. The Morgan fingerprint density at radius 2 is 2.40 bits per heavy atom. The molecule has 0 radical (unpaired) electrons. The predicted molar refractivity (Wildman–Crippen MR) is 52.7 cm³/mol. The Morgan fingerprint density at radius 3 is 2.80 bits per heavy atom. The van der Waals surface area contributed by atoms with Gasteiger partial charge in [-0.1, -0.05) is 0 Å². The molecule has 2 aliphatic rings. The molecule has 6 nitrogen and oxygen atoms in total. The number of hydrogen-bond donors (Lipinski definition) is 4. The number of amides is 1. The van der Waals surface area contributed by atoms with Gasteiger partial charge in [0.15, 0.2) is 0 Å². The maximum absolute atomic E-state index is 11.9. The first-order valence-electron chi connectivity index (χ1n) is 5.21. The van der Waals surface area contributed by atoms with Crippen molar-refractivity contribution in [3.63, 3.8) is 0 Å². The highest BCUT2D eigenvalue weighted by atomic mass is 16.3. The first-order chi connectivity index (χ1) is 7.10. The van der Waals surface area contributed by atoms with Gasteiger partial charge in [-0.3, -0.25) is 4.79 Å². The summed E-state index contributed by atoms with van der Waals surface area (Å²) in [5.41, 5.74) is 4.86. The van der Waals surface area contributed by atoms with Crippen molar-refractivity contribution in [2.24, 2.45) is 5.73 Å². The quantitative estimate of drug-likeness (QED) is 0.310. The van der Waals surface area contributed by atoms with Crippen molar-refractivity contribution in [3.05, 3.63) is 0 Å². The number of nitrogens with zero attached hydrogens (tertiary/aromatic N) is 1. The molecule has 2 rings (SSSR count). The van der Waals surface area contributed by atoms with Crippen molar-refractivity contribution < 1.29 is 15.0 Å². The molecule has 0 bridgehead atoms. The Labute approximate surface area is 88.0 Å². The molecule has 5 N–H and O–H groups in total. The Morgan fingerprint density at radius 1 is 1.67 bits per heavy atom. The van der Waals surface area contributed by atoms with E-state index < -0.39 is 17.8 Å². The number of aliphatic hydroxyl groups is 2. The zero-order valence-electron chi connectivity index (χ0n) is 8.52. The normalized spacial score (nSPS) is 34.3. The van der Waals surface area contributed by atoms with Gasteiger partial charge < -0.3 is 26.2 Å². The van der Waals surface area contributed by atoms with Gasteiger partial charge in [-0.15, -0.1) is 0 Å². The summed E-state index contributed by atoms with van der Waals surface area (Å²) in [6.45, 7) is 1.08. The smallest absolute Gasteiger partial charge is 0.245 e. The summed E-state index contributed by atoms with van der Waals surface area (Å²) in [6, 6.07) is -0.675. The second kappa shape index (κ2) is 3.71. The molecule has 2 heterocycles. The van der Waals surface area contributed by atoms with Gasteiger partial charge in [-0.2, -0.15) is 0 Å². The van der Waals surface area contributed by atoms with Gasteiger partial charge in [0.05, 0.1) is 12.6 Å². The maximum Gasteiger partial charge on any atom is 0.245 e. The van der Waals surface area contributed by atoms with Crippen LogP contribution in [0.15, 0.2) is 0 Å². The lowest BCUT2D eigenvalue weighted by Gasteiger charge is -2.50. The molecule has 2 aliphatic heterocycles. The molecule has 2 fully saturated rings. The lowest BCUT2D eigenvalue weighted by atomic mass is 9.85. The minimum absolute atomic E-state index is 0.0523. The first-order valence-corrected chi connectivity index (χ1v) is 5.21. The molecule has 1 amide bonds. The zero-order valence-corrected chi connectivity index (χ0v) is 8.52. The van der Waals surface area contributed by atoms with E-state index >= 15 is 0 Å². The number of rotatable bonds is 3. The van der Waals surface area contributed by atoms with Crippen molar-refractivity contribution >= 4 is 5.91 Å². The summed E-state index contributed by atoms with van der Waals surface area (Å²) >= 11 is 0. The number of aliphatic hydroxyl groups excluding tert-OH is 2. The minimum Gasteiger partial charge on any atom is -0.394 e. The lowest BCUT2D eigenvalue weighted by molar-refractivity contribution is -0.161. The number of nitrogens with two attached hydrogens (primary N) is 1. The van der Waals surface area contributed by atoms with Crippen LogP contribution in [0.3, 0.4) is 0 Å². The molecule has 0 aliphatic carbocycles. The molecule has 0 aromatic heterocycles. The van der Waals surface area contributed by atoms with E-state index in [1.807, 2.05) is 0 Å². The van der Waals surface area contributed by atoms with Crippen LogP contribution in [-0.4, -0.2) is 58.5 Å². The number of carbonyl (C=O) groups is 1. The van der Waals surface area contributed by atoms with E-state index in [0.717, 1.165) is 19.4 Å². The molecule has 6 heteroatoms. The van der Waals surface area contributed by atoms with Crippen LogP contribution >= 0.6 is 0 Å². The largest absolute Gasteiger partial charge is 0.394 e. The van der Waals surface area contributed by atoms with Crippen LogP contribution in [0.2, 0.25) is 0 Å². The summed E-state index contributed by atoms with van der Waals surface area (Å²) in [5, 5.41) is 21.4. The third-order valence-electron chi connectivity index (χ3n) is 3.34. The van der Waals surface area contributed by atoms with E-state index in [-0.39, 0.29) is 12.5 Å². The second-order valence-electron chi connectivity index (χ2n) is 4.29. The highest BCUT2D eigenvalue weighted by Crippen LogP contribution is 2.33. The van der Waals surface area contributed by atoms with Crippen LogP contribution in [0.4, 0.5) is 0 Å². The topological polar surface area (TPSA) is 98.8 Å². The molecular formula is C9H17N3O3. The summed E-state index contributed by atoms with van der Waals surface area (Å²) < 4.78 is 0. The van der Waals surface area contributed by atoms with Crippen LogP contribution < -0.4 is 11.1 Å². The fourth-order valence-corrected chi connectivity index (χ4v) is 2.40. The SMILES string of the molecule is NC(O)C(CO)N1CC2(CCCN2)C1=O. The van der Waals surface area contributed by atoms with Gasteiger partial charge in [0.25, 0.3) is 0 Å². The van der Waals surface area contributed by atoms with Crippen molar-refractivity contribution in [3.8, 4) is 0 Å². The fraction of sp³-hybridized carbons (Fsp3) is 0.889. The first kappa shape index (κ1) is 10.8. The van der Waals surface area contributed by atoms with Crippen LogP contribution in [0.1, 0.15) is 12.8 Å². The highest BCUT2D eigenvalue weighted by Gasteiger charge is 2.55. The third kappa shape index (κ3) is 1.53. The van der Waals surface area contributed by atoms with E-state index in [4.69, 9.17) is 10.8 Å². The molecular weight excluding hydrogens is 198 g/mol. The number of hydrogen-bond acceptors (Lipinski definition) is 5. The van der Waals surface area contributed by atoms with Crippen LogP contribution in [-0.2, 0) is 4.79 Å². The van der Waals surface area contributed by atoms with E-state index in [9.17, 15) is 9.90 Å². The summed E-state index contributed by atoms with van der Waals surface area (Å²) in [5.74, 6) is -0.0523. The van der Waals surface area contributed by atoms with Crippen LogP contribution in [0.5, 0.6) is 0 Å². The number of nitrogens with one attached hydrogen (secondary N) is 1. The van der Waals surface area contributed by atoms with E-state index in [0.29, 0.717) is 6.54 Å². The molecule has 2 saturated heterocycles. The number of β-lactam (4-membered cyclic amide) rings is 1. The molecule has 0 aromatic carbocycles. The van der Waals surface area contributed by atoms with E-state index in [2.05, 4.69) is 5.32 Å². The average molecular weight is 215 g/mol. The zero-order chi connectivity index (χ0) is 11.1. The average Bonchev–Trinajstić information content (AvgIpc) is 2.68. The Bertz CT molecular complexity index is 263. The van der Waals surface area contributed by atoms with Gasteiger partial charge in [0.2, 0.25) is 5.91 Å². The van der Waals surface area contributed by atoms with Crippen molar-refractivity contribution in [2.45, 2.75) is 30.7 Å². The fourth-order valence-electron chi connectivity index (χ4n) is 2.40. The van der Waals surface area contributed by atoms with Gasteiger partial charge in [0, 0.05) is 6.54 Å². The highest BCUT2D eigenvalue weighted by molar-refractivity contribution is 5.93. The van der Waals surface area contributed by atoms with Crippen LogP contribution in [0.25, 0.3) is 0 Å². The predicted octanol–water partition coefficient (Wildman–Crippen LogP) is -2.41. The standard InChI is InChI=1S/C9H17N3O3/c10-7(14)6(4-13)12-5-9(8(12)15)2-1-3-11-9/h6-7,11,13-14H,1-5,10H2. The Balaban J connectivity index is 2.01. The van der Waals surface area contributed by atoms with Crippen molar-refractivity contribution in [1.82, 2.24) is 10.2 Å². The third-order valence-corrected chi connectivity index (χ3v) is 3.34. The molecule has 3 atom stereocenters. The Hall–Kier alpha value is -0.690. The summed E-state index contributed by atoms with van der Waals surface area (Å²) in [6.07, 6.45) is 0.646. The van der Waals surface area contributed by atoms with Crippen molar-refractivity contribution in [2.75, 3.05) is 19.7 Å². The molecule has 15 heavy (non-hydrogen) atoms. The molecule has 86 valence electrons. The van der Waals surface area contributed by atoms with Crippen LogP contribution in [0, 0.1) is 0 Å². The minimum atomic E-state index is -1.18. The molecule has 1 spiro atoms. The van der Waals surface area contributed by atoms with Gasteiger partial charge in [-0.25, -0.2) is 0 Å². The lowest BCUT2D eigenvalue weighted by Crippen LogP contribution is -2.75. The van der Waals surface area contributed by atoms with Crippen molar-refractivity contribution in [1.29, 1.82) is 0 Å². The second-order valence-corrected chi connectivity index (χ2v) is 4.29. The molecule has 3 unspecified atom stereocenters. The molecule has 0 aromatic rings. The molecule has 0 saturated carbocycles. The van der Waals surface area contributed by atoms with Gasteiger partial charge >= 0.3 is 0 Å². The number of carbonyl (C=O) groups excluding carboxylic acids is 1. The van der Waals surface area contributed by atoms with E-state index in [1.54, 1.807) is 0 Å². The summed E-state index contributed by atoms with van der Waals surface area (Å²) in [4.78, 5) is 13.3. The van der Waals surface area contributed by atoms with Gasteiger partial charge in [0.1, 0.15) is 11.8 Å². The Kier molecular flexibility index (Phi) is 2.68. The monoisotopic (exact) mass is 215 g/mol. The van der Waals surface area contributed by atoms with Gasteiger partial charge in [-0.05, 0) is 19.4 Å².